The number of hydrogen-bond acceptors (Lipinski definition) is 1. The fraction of sp³-hybridized carbons (Fsp3) is 0.400. The molecule has 1 N–H and O–H groups in total. The standard InChI is InChI=1S/C10H13Cl2N/c1-7(6-13-2)8-3-4-9(11)10(12)5-8/h3-5,7,13H,6H2,1-2H3. The van der Waals surface area contributed by atoms with Crippen molar-refractivity contribution in [2.24, 2.45) is 0 Å². The molecule has 0 aliphatic rings. The molecular weight excluding hydrogens is 205 g/mol. The molecule has 13 heavy (non-hydrogen) atoms. The zero-order valence-electron chi connectivity index (χ0n) is 7.77. The van der Waals surface area contributed by atoms with E-state index in [-0.39, 0.29) is 0 Å². The van der Waals surface area contributed by atoms with Crippen molar-refractivity contribution in [3.8, 4) is 0 Å². The highest BCUT2D eigenvalue weighted by molar-refractivity contribution is 6.42. The summed E-state index contributed by atoms with van der Waals surface area (Å²) >= 11 is 11.7. The van der Waals surface area contributed by atoms with E-state index in [2.05, 4.69) is 12.2 Å². The number of hydrogen-bond donors (Lipinski definition) is 1. The third kappa shape index (κ3) is 2.87. The van der Waals surface area contributed by atoms with Gasteiger partial charge in [0.25, 0.3) is 0 Å². The minimum Gasteiger partial charge on any atom is -0.319 e. The minimum absolute atomic E-state index is 0.458. The van der Waals surface area contributed by atoms with Crippen LogP contribution in [0.1, 0.15) is 18.4 Å². The van der Waals surface area contributed by atoms with Gasteiger partial charge in [0.1, 0.15) is 0 Å². The van der Waals surface area contributed by atoms with Crippen LogP contribution >= 0.6 is 23.2 Å². The molecule has 0 aliphatic heterocycles. The number of likely N-dealkylation sites (N-methyl/N-ethyl adjacent to an activating group) is 1. The molecule has 72 valence electrons. The molecule has 0 radical (unpaired) electrons. The number of rotatable bonds is 3. The van der Waals surface area contributed by atoms with Crippen LogP contribution in [0.2, 0.25) is 10.0 Å². The van der Waals surface area contributed by atoms with Crippen LogP contribution in [0.5, 0.6) is 0 Å². The molecule has 1 aromatic rings. The molecule has 1 nitrogen and oxygen atoms in total. The molecule has 0 bridgehead atoms. The molecule has 0 saturated heterocycles. The first-order valence-electron chi connectivity index (χ1n) is 4.24. The monoisotopic (exact) mass is 217 g/mol. The lowest BCUT2D eigenvalue weighted by molar-refractivity contribution is 0.678. The molecule has 1 atom stereocenters. The quantitative estimate of drug-likeness (QED) is 0.820. The van der Waals surface area contributed by atoms with E-state index in [1.165, 1.54) is 5.56 Å². The lowest BCUT2D eigenvalue weighted by Gasteiger charge is -2.11. The Kier molecular flexibility index (Phi) is 4.04. The van der Waals surface area contributed by atoms with Crippen molar-refractivity contribution in [1.29, 1.82) is 0 Å². The Morgan fingerprint density at radius 3 is 2.54 bits per heavy atom. The second-order valence-corrected chi connectivity index (χ2v) is 3.95. The Bertz CT molecular complexity index is 286. The lowest BCUT2D eigenvalue weighted by Crippen LogP contribution is -2.14. The molecule has 0 aromatic heterocycles. The molecule has 0 aliphatic carbocycles. The van der Waals surface area contributed by atoms with Gasteiger partial charge < -0.3 is 5.32 Å². The predicted molar refractivity (Wildman–Crippen MR) is 58.8 cm³/mol. The smallest absolute Gasteiger partial charge is 0.0595 e. The Labute approximate surface area is 89.0 Å². The van der Waals surface area contributed by atoms with Crippen LogP contribution in [-0.4, -0.2) is 13.6 Å². The molecule has 0 amide bonds. The summed E-state index contributed by atoms with van der Waals surface area (Å²) in [6.45, 7) is 3.09. The summed E-state index contributed by atoms with van der Waals surface area (Å²) in [7, 11) is 1.94. The molecule has 0 heterocycles. The molecule has 3 heteroatoms. The Hall–Kier alpha value is -0.240. The van der Waals surface area contributed by atoms with Gasteiger partial charge in [-0.1, -0.05) is 36.2 Å². The van der Waals surface area contributed by atoms with Crippen molar-refractivity contribution in [2.75, 3.05) is 13.6 Å². The van der Waals surface area contributed by atoms with Crippen molar-refractivity contribution in [1.82, 2.24) is 5.32 Å². The first kappa shape index (κ1) is 10.8. The Balaban J connectivity index is 2.84. The van der Waals surface area contributed by atoms with Gasteiger partial charge in [-0.2, -0.15) is 0 Å². The van der Waals surface area contributed by atoms with Gasteiger partial charge in [-0.05, 0) is 30.7 Å². The van der Waals surface area contributed by atoms with E-state index in [4.69, 9.17) is 23.2 Å². The van der Waals surface area contributed by atoms with Crippen LogP contribution in [0.4, 0.5) is 0 Å². The van der Waals surface area contributed by atoms with Crippen molar-refractivity contribution in [2.45, 2.75) is 12.8 Å². The normalized spacial score (nSPS) is 12.9. The molecule has 0 fully saturated rings. The molecule has 1 unspecified atom stereocenters. The maximum atomic E-state index is 5.91. The van der Waals surface area contributed by atoms with Crippen LogP contribution in [0.25, 0.3) is 0 Å². The third-order valence-corrected chi connectivity index (χ3v) is 2.76. The van der Waals surface area contributed by atoms with E-state index in [9.17, 15) is 0 Å². The van der Waals surface area contributed by atoms with Crippen LogP contribution in [0, 0.1) is 0 Å². The Morgan fingerprint density at radius 2 is 2.00 bits per heavy atom. The number of nitrogens with one attached hydrogen (secondary N) is 1. The fourth-order valence-electron chi connectivity index (χ4n) is 1.24. The maximum absolute atomic E-state index is 5.91. The van der Waals surface area contributed by atoms with Crippen LogP contribution < -0.4 is 5.32 Å². The molecular formula is C10H13Cl2N. The van der Waals surface area contributed by atoms with Gasteiger partial charge >= 0.3 is 0 Å². The predicted octanol–water partition coefficient (Wildman–Crippen LogP) is 3.32. The van der Waals surface area contributed by atoms with E-state index in [0.717, 1.165) is 6.54 Å². The highest BCUT2D eigenvalue weighted by Crippen LogP contribution is 2.25. The first-order chi connectivity index (χ1) is 6.15. The van der Waals surface area contributed by atoms with E-state index < -0.39 is 0 Å². The van der Waals surface area contributed by atoms with Crippen molar-refractivity contribution >= 4 is 23.2 Å². The van der Waals surface area contributed by atoms with E-state index >= 15 is 0 Å². The Morgan fingerprint density at radius 1 is 1.31 bits per heavy atom. The minimum atomic E-state index is 0.458. The molecule has 1 rings (SSSR count). The zero-order chi connectivity index (χ0) is 9.84. The summed E-state index contributed by atoms with van der Waals surface area (Å²) in [5, 5.41) is 4.36. The van der Waals surface area contributed by atoms with Gasteiger partial charge in [0.2, 0.25) is 0 Å². The van der Waals surface area contributed by atoms with Gasteiger partial charge in [-0.25, -0.2) is 0 Å². The third-order valence-electron chi connectivity index (χ3n) is 2.02. The zero-order valence-corrected chi connectivity index (χ0v) is 9.28. The summed E-state index contributed by atoms with van der Waals surface area (Å²) in [5.41, 5.74) is 1.21. The highest BCUT2D eigenvalue weighted by atomic mass is 35.5. The van der Waals surface area contributed by atoms with Crippen molar-refractivity contribution in [3.63, 3.8) is 0 Å². The van der Waals surface area contributed by atoms with E-state index in [1.807, 2.05) is 25.2 Å². The van der Waals surface area contributed by atoms with Gasteiger partial charge in [0.15, 0.2) is 0 Å². The molecule has 1 aromatic carbocycles. The molecule has 0 saturated carbocycles. The first-order valence-corrected chi connectivity index (χ1v) is 5.00. The summed E-state index contributed by atoms with van der Waals surface area (Å²) in [4.78, 5) is 0. The average Bonchev–Trinajstić information content (AvgIpc) is 2.10. The van der Waals surface area contributed by atoms with Crippen LogP contribution in [0.3, 0.4) is 0 Å². The summed E-state index contributed by atoms with van der Waals surface area (Å²) < 4.78 is 0. The van der Waals surface area contributed by atoms with E-state index in [1.54, 1.807) is 0 Å². The van der Waals surface area contributed by atoms with Gasteiger partial charge in [0, 0.05) is 6.54 Å². The van der Waals surface area contributed by atoms with Gasteiger partial charge in [-0.15, -0.1) is 0 Å². The van der Waals surface area contributed by atoms with E-state index in [0.29, 0.717) is 16.0 Å². The highest BCUT2D eigenvalue weighted by Gasteiger charge is 2.06. The average molecular weight is 218 g/mol. The SMILES string of the molecule is CNCC(C)c1ccc(Cl)c(Cl)c1. The number of halogens is 2. The summed E-state index contributed by atoms with van der Waals surface area (Å²) in [5.74, 6) is 0.458. The topological polar surface area (TPSA) is 12.0 Å². The second kappa shape index (κ2) is 4.85. The summed E-state index contributed by atoms with van der Waals surface area (Å²) in [6, 6.07) is 5.77. The summed E-state index contributed by atoms with van der Waals surface area (Å²) in [6.07, 6.45) is 0. The van der Waals surface area contributed by atoms with Gasteiger partial charge in [-0.3, -0.25) is 0 Å². The van der Waals surface area contributed by atoms with Crippen LogP contribution in [0.15, 0.2) is 18.2 Å². The van der Waals surface area contributed by atoms with Crippen molar-refractivity contribution in [3.05, 3.63) is 33.8 Å². The van der Waals surface area contributed by atoms with Crippen molar-refractivity contribution < 1.29 is 0 Å². The van der Waals surface area contributed by atoms with Gasteiger partial charge in [0.05, 0.1) is 10.0 Å². The second-order valence-electron chi connectivity index (χ2n) is 3.13. The number of benzene rings is 1. The molecule has 0 spiro atoms. The fourth-order valence-corrected chi connectivity index (χ4v) is 1.55. The maximum Gasteiger partial charge on any atom is 0.0595 e. The van der Waals surface area contributed by atoms with Crippen LogP contribution in [-0.2, 0) is 0 Å². The largest absolute Gasteiger partial charge is 0.319 e. The lowest BCUT2D eigenvalue weighted by atomic mass is 10.0.